The summed E-state index contributed by atoms with van der Waals surface area (Å²) in [6, 6.07) is 3.25. The molecule has 0 saturated carbocycles. The summed E-state index contributed by atoms with van der Waals surface area (Å²) in [5, 5.41) is 17.5. The average Bonchev–Trinajstić information content (AvgIpc) is 2.77. The molecule has 0 unspecified atom stereocenters. The first-order valence-corrected chi connectivity index (χ1v) is 6.51. The fraction of sp³-hybridized carbons (Fsp3) is 0.538. The molecular weight excluding hydrogens is 246 g/mol. The summed E-state index contributed by atoms with van der Waals surface area (Å²) in [5.74, 6) is 0.789. The number of anilines is 1. The number of fused-ring (bicyclic) bond motifs is 2. The molecule has 2 aliphatic rings. The molecule has 0 radical (unpaired) electrons. The van der Waals surface area contributed by atoms with E-state index in [0.29, 0.717) is 12.3 Å². The van der Waals surface area contributed by atoms with Crippen molar-refractivity contribution < 1.29 is 9.66 Å². The highest BCUT2D eigenvalue weighted by Gasteiger charge is 2.45. The molecule has 1 aromatic carbocycles. The first kappa shape index (κ1) is 12.2. The maximum absolute atomic E-state index is 11.2. The van der Waals surface area contributed by atoms with Crippen molar-refractivity contribution in [3.8, 4) is 5.75 Å². The van der Waals surface area contributed by atoms with Crippen molar-refractivity contribution in [1.29, 1.82) is 0 Å². The third-order valence-electron chi connectivity index (χ3n) is 4.19. The van der Waals surface area contributed by atoms with Crippen LogP contribution in [-0.2, 0) is 5.41 Å². The van der Waals surface area contributed by atoms with E-state index in [4.69, 9.17) is 4.74 Å². The number of nitro benzene ring substituents is 1. The fourth-order valence-electron chi connectivity index (χ4n) is 3.21. The lowest BCUT2D eigenvalue weighted by Crippen LogP contribution is -2.41. The molecule has 102 valence electrons. The van der Waals surface area contributed by atoms with E-state index in [2.05, 4.69) is 10.6 Å². The molecule has 0 atom stereocenters. The van der Waals surface area contributed by atoms with Gasteiger partial charge in [0.05, 0.1) is 11.5 Å². The highest BCUT2D eigenvalue weighted by Crippen LogP contribution is 2.50. The van der Waals surface area contributed by atoms with Gasteiger partial charge in [0.1, 0.15) is 11.4 Å². The standard InChI is InChI=1S/C13H17N3O3/c1-14-12-9(16(17)18)2-3-10-11(12)13(8-19-10)4-6-15-7-5-13/h2-3,14-15H,4-8H2,1H3. The van der Waals surface area contributed by atoms with Gasteiger partial charge in [0.15, 0.2) is 0 Å². The molecule has 2 N–H and O–H groups in total. The summed E-state index contributed by atoms with van der Waals surface area (Å²) in [4.78, 5) is 10.8. The van der Waals surface area contributed by atoms with Crippen LogP contribution >= 0.6 is 0 Å². The minimum absolute atomic E-state index is 0.0784. The van der Waals surface area contributed by atoms with Crippen LogP contribution in [0.15, 0.2) is 12.1 Å². The molecule has 19 heavy (non-hydrogen) atoms. The monoisotopic (exact) mass is 263 g/mol. The Morgan fingerprint density at radius 3 is 2.79 bits per heavy atom. The second-order valence-corrected chi connectivity index (χ2v) is 5.16. The molecule has 2 aliphatic heterocycles. The third kappa shape index (κ3) is 1.74. The van der Waals surface area contributed by atoms with Gasteiger partial charge in [-0.3, -0.25) is 10.1 Å². The van der Waals surface area contributed by atoms with Gasteiger partial charge in [-0.05, 0) is 32.0 Å². The Morgan fingerprint density at radius 2 is 2.16 bits per heavy atom. The molecule has 1 saturated heterocycles. The highest BCUT2D eigenvalue weighted by atomic mass is 16.6. The van der Waals surface area contributed by atoms with Gasteiger partial charge in [-0.25, -0.2) is 0 Å². The van der Waals surface area contributed by atoms with Gasteiger partial charge in [-0.1, -0.05) is 0 Å². The van der Waals surface area contributed by atoms with Crippen LogP contribution < -0.4 is 15.4 Å². The van der Waals surface area contributed by atoms with Crippen LogP contribution in [0, 0.1) is 10.1 Å². The van der Waals surface area contributed by atoms with Gasteiger partial charge in [-0.2, -0.15) is 0 Å². The molecule has 6 heteroatoms. The molecule has 1 spiro atoms. The molecule has 0 aromatic heterocycles. The Morgan fingerprint density at radius 1 is 1.42 bits per heavy atom. The van der Waals surface area contributed by atoms with E-state index < -0.39 is 0 Å². The molecule has 0 aliphatic carbocycles. The topological polar surface area (TPSA) is 76.4 Å². The van der Waals surface area contributed by atoms with Crippen LogP contribution in [0.5, 0.6) is 5.75 Å². The Labute approximate surface area is 111 Å². The van der Waals surface area contributed by atoms with Gasteiger partial charge < -0.3 is 15.4 Å². The minimum atomic E-state index is -0.334. The molecule has 0 amide bonds. The van der Waals surface area contributed by atoms with Crippen molar-refractivity contribution in [2.24, 2.45) is 0 Å². The second-order valence-electron chi connectivity index (χ2n) is 5.16. The maximum atomic E-state index is 11.2. The van der Waals surface area contributed by atoms with E-state index in [1.807, 2.05) is 0 Å². The number of nitrogens with zero attached hydrogens (tertiary/aromatic N) is 1. The Bertz CT molecular complexity index is 519. The number of rotatable bonds is 2. The molecule has 6 nitrogen and oxygen atoms in total. The number of hydrogen-bond acceptors (Lipinski definition) is 5. The zero-order valence-corrected chi connectivity index (χ0v) is 10.9. The van der Waals surface area contributed by atoms with Crippen molar-refractivity contribution >= 4 is 11.4 Å². The van der Waals surface area contributed by atoms with Crippen molar-refractivity contribution in [3.05, 3.63) is 27.8 Å². The first-order valence-electron chi connectivity index (χ1n) is 6.51. The van der Waals surface area contributed by atoms with E-state index in [-0.39, 0.29) is 16.0 Å². The van der Waals surface area contributed by atoms with Crippen LogP contribution in [0.3, 0.4) is 0 Å². The van der Waals surface area contributed by atoms with Crippen molar-refractivity contribution in [2.45, 2.75) is 18.3 Å². The summed E-state index contributed by atoms with van der Waals surface area (Å²) >= 11 is 0. The quantitative estimate of drug-likeness (QED) is 0.626. The van der Waals surface area contributed by atoms with Crippen LogP contribution in [0.2, 0.25) is 0 Å². The Balaban J connectivity index is 2.17. The van der Waals surface area contributed by atoms with E-state index in [1.54, 1.807) is 13.1 Å². The largest absolute Gasteiger partial charge is 0.492 e. The van der Waals surface area contributed by atoms with Crippen LogP contribution in [0.25, 0.3) is 0 Å². The number of ether oxygens (including phenoxy) is 1. The van der Waals surface area contributed by atoms with Crippen LogP contribution in [0.1, 0.15) is 18.4 Å². The molecule has 3 rings (SSSR count). The predicted octanol–water partition coefficient (Wildman–Crippen LogP) is 1.65. The molecule has 2 heterocycles. The summed E-state index contributed by atoms with van der Waals surface area (Å²) in [7, 11) is 1.73. The van der Waals surface area contributed by atoms with Crippen molar-refractivity contribution in [2.75, 3.05) is 32.1 Å². The smallest absolute Gasteiger partial charge is 0.292 e. The zero-order valence-electron chi connectivity index (χ0n) is 10.9. The van der Waals surface area contributed by atoms with E-state index in [9.17, 15) is 10.1 Å². The summed E-state index contributed by atoms with van der Waals surface area (Å²) < 4.78 is 5.78. The SMILES string of the molecule is CNc1c([N+](=O)[O-])ccc2c1C1(CCNCC1)CO2. The van der Waals surface area contributed by atoms with Gasteiger partial charge in [0, 0.05) is 24.1 Å². The number of nitrogens with one attached hydrogen (secondary N) is 2. The zero-order chi connectivity index (χ0) is 13.5. The third-order valence-corrected chi connectivity index (χ3v) is 4.19. The lowest BCUT2D eigenvalue weighted by Gasteiger charge is -2.33. The molecule has 1 fully saturated rings. The number of benzene rings is 1. The van der Waals surface area contributed by atoms with E-state index in [1.165, 1.54) is 6.07 Å². The lowest BCUT2D eigenvalue weighted by atomic mass is 9.74. The predicted molar refractivity (Wildman–Crippen MR) is 71.9 cm³/mol. The van der Waals surface area contributed by atoms with Gasteiger partial charge >= 0.3 is 0 Å². The van der Waals surface area contributed by atoms with E-state index >= 15 is 0 Å². The summed E-state index contributed by atoms with van der Waals surface area (Å²) in [6.45, 7) is 2.48. The number of hydrogen-bond donors (Lipinski definition) is 2. The van der Waals surface area contributed by atoms with Crippen LogP contribution in [-0.4, -0.2) is 31.7 Å². The maximum Gasteiger partial charge on any atom is 0.292 e. The fourth-order valence-corrected chi connectivity index (χ4v) is 3.21. The molecular formula is C13H17N3O3. The summed E-state index contributed by atoms with van der Waals surface area (Å²) in [6.07, 6.45) is 1.91. The summed E-state index contributed by atoms with van der Waals surface area (Å²) in [5.41, 5.74) is 1.66. The normalized spacial score (nSPS) is 19.8. The van der Waals surface area contributed by atoms with E-state index in [0.717, 1.165) is 37.2 Å². The van der Waals surface area contributed by atoms with Crippen LogP contribution in [0.4, 0.5) is 11.4 Å². The molecule has 1 aromatic rings. The van der Waals surface area contributed by atoms with Gasteiger partial charge in [-0.15, -0.1) is 0 Å². The lowest BCUT2D eigenvalue weighted by molar-refractivity contribution is -0.384. The Kier molecular flexibility index (Phi) is 2.82. The van der Waals surface area contributed by atoms with Gasteiger partial charge in [0.2, 0.25) is 0 Å². The van der Waals surface area contributed by atoms with Gasteiger partial charge in [0.25, 0.3) is 5.69 Å². The Hall–Kier alpha value is -1.82. The van der Waals surface area contributed by atoms with Crippen molar-refractivity contribution in [1.82, 2.24) is 5.32 Å². The second kappa shape index (κ2) is 4.38. The van der Waals surface area contributed by atoms with Crippen molar-refractivity contribution in [3.63, 3.8) is 0 Å². The molecule has 0 bridgehead atoms. The number of piperidine rings is 1. The highest BCUT2D eigenvalue weighted by molar-refractivity contribution is 5.73. The first-order chi connectivity index (χ1) is 9.18. The number of nitro groups is 1. The minimum Gasteiger partial charge on any atom is -0.492 e. The average molecular weight is 263 g/mol.